The van der Waals surface area contributed by atoms with Gasteiger partial charge < -0.3 is 28.2 Å². The van der Waals surface area contributed by atoms with E-state index in [1.54, 1.807) is 32.2 Å². The third-order valence-corrected chi connectivity index (χ3v) is 9.02. The van der Waals surface area contributed by atoms with Crippen LogP contribution in [0, 0.1) is 0 Å². The Balaban J connectivity index is 1.98. The van der Waals surface area contributed by atoms with Crippen LogP contribution < -0.4 is 4.90 Å². The van der Waals surface area contributed by atoms with Crippen molar-refractivity contribution in [2.45, 2.75) is 40.5 Å². The van der Waals surface area contributed by atoms with E-state index in [0.29, 0.717) is 49.8 Å². The van der Waals surface area contributed by atoms with Gasteiger partial charge in [-0.15, -0.1) is 5.10 Å². The molecule has 1 aliphatic rings. The van der Waals surface area contributed by atoms with E-state index in [-0.39, 0.29) is 50.1 Å². The number of aromatic nitrogens is 2. The Morgan fingerprint density at radius 2 is 1.52 bits per heavy atom. The molecule has 0 N–H and O–H groups in total. The van der Waals surface area contributed by atoms with E-state index in [4.69, 9.17) is 28.4 Å². The number of hydrogen-bond acceptors (Lipinski definition) is 10. The highest BCUT2D eigenvalue weighted by Gasteiger charge is 2.34. The summed E-state index contributed by atoms with van der Waals surface area (Å²) in [6.45, 7) is 10.1. The lowest BCUT2D eigenvalue weighted by molar-refractivity contribution is 0.0480. The van der Waals surface area contributed by atoms with Crippen molar-refractivity contribution < 1.29 is 37.4 Å². The molecule has 0 aliphatic carbocycles. The van der Waals surface area contributed by atoms with Crippen molar-refractivity contribution in [1.82, 2.24) is 9.61 Å². The second-order valence-electron chi connectivity index (χ2n) is 9.55. The van der Waals surface area contributed by atoms with Gasteiger partial charge >= 0.3 is 19.5 Å². The first-order valence-electron chi connectivity index (χ1n) is 14.6. The van der Waals surface area contributed by atoms with Crippen molar-refractivity contribution >= 4 is 30.9 Å². The average molecular weight is 602 g/mol. The highest BCUT2D eigenvalue weighted by atomic mass is 31.2. The van der Waals surface area contributed by atoms with Crippen LogP contribution in [0.25, 0.3) is 16.6 Å². The lowest BCUT2D eigenvalue weighted by atomic mass is 10.0. The largest absolute Gasteiger partial charge is 0.462 e. The molecule has 1 aromatic carbocycles. The molecular formula is C30H40N3O8P. The molecule has 4 rings (SSSR count). The fourth-order valence-corrected chi connectivity index (χ4v) is 6.80. The number of hydrogen-bond donors (Lipinski definition) is 0. The van der Waals surface area contributed by atoms with E-state index < -0.39 is 19.5 Å². The number of nitrogens with zero attached hydrogens (tertiary/aromatic N) is 3. The van der Waals surface area contributed by atoms with Crippen LogP contribution in [0.15, 0.2) is 36.4 Å². The molecule has 2 aromatic heterocycles. The molecule has 0 radical (unpaired) electrons. The zero-order valence-electron chi connectivity index (χ0n) is 24.8. The summed E-state index contributed by atoms with van der Waals surface area (Å²) >= 11 is 0. The molecule has 0 bridgehead atoms. The van der Waals surface area contributed by atoms with Gasteiger partial charge in [0.2, 0.25) is 0 Å². The summed E-state index contributed by atoms with van der Waals surface area (Å²) in [4.78, 5) is 29.3. The summed E-state index contributed by atoms with van der Waals surface area (Å²) in [6.07, 6.45) is 0.739. The maximum atomic E-state index is 13.6. The number of fused-ring (bicyclic) bond motifs is 1. The van der Waals surface area contributed by atoms with Gasteiger partial charge in [0.1, 0.15) is 11.4 Å². The number of carbonyl (C=O) groups is 2. The lowest BCUT2D eigenvalue weighted by Crippen LogP contribution is -2.37. The van der Waals surface area contributed by atoms with Gasteiger partial charge in [-0.3, -0.25) is 4.57 Å². The maximum absolute atomic E-state index is 13.6. The Kier molecular flexibility index (Phi) is 11.2. The summed E-state index contributed by atoms with van der Waals surface area (Å²) in [5, 5.41) is 4.98. The monoisotopic (exact) mass is 601 g/mol. The van der Waals surface area contributed by atoms with Crippen molar-refractivity contribution in [3.8, 4) is 11.1 Å². The predicted octanol–water partition coefficient (Wildman–Crippen LogP) is 5.39. The molecule has 1 saturated heterocycles. The molecule has 42 heavy (non-hydrogen) atoms. The first-order chi connectivity index (χ1) is 20.4. The summed E-state index contributed by atoms with van der Waals surface area (Å²) in [5.74, 6) is -0.608. The minimum atomic E-state index is -3.34. The lowest BCUT2D eigenvalue weighted by Gasteiger charge is -2.28. The minimum absolute atomic E-state index is 0.0989. The van der Waals surface area contributed by atoms with Gasteiger partial charge in [-0.05, 0) is 52.2 Å². The number of aryl methyl sites for hydroxylation is 1. The number of benzene rings is 1. The second kappa shape index (κ2) is 14.8. The zero-order valence-corrected chi connectivity index (χ0v) is 25.7. The van der Waals surface area contributed by atoms with Crippen LogP contribution in [-0.2, 0) is 34.2 Å². The molecule has 0 unspecified atom stereocenters. The smallest absolute Gasteiger partial charge is 0.341 e. The number of carbonyl (C=O) groups excluding carboxylic acids is 2. The van der Waals surface area contributed by atoms with E-state index in [2.05, 4.69) is 4.90 Å². The van der Waals surface area contributed by atoms with Gasteiger partial charge in [0.05, 0.1) is 62.6 Å². The first kappa shape index (κ1) is 31.7. The van der Waals surface area contributed by atoms with Crippen LogP contribution in [0.1, 0.15) is 60.5 Å². The van der Waals surface area contributed by atoms with Crippen LogP contribution in [0.2, 0.25) is 0 Å². The average Bonchev–Trinajstić information content (AvgIpc) is 3.32. The van der Waals surface area contributed by atoms with Gasteiger partial charge in [0, 0.05) is 18.7 Å². The van der Waals surface area contributed by atoms with E-state index >= 15 is 0 Å². The highest BCUT2D eigenvalue weighted by Crippen LogP contribution is 2.49. The Bertz CT molecular complexity index is 1410. The Morgan fingerprint density at radius 3 is 2.12 bits per heavy atom. The number of anilines is 1. The van der Waals surface area contributed by atoms with Gasteiger partial charge in [-0.2, -0.15) is 0 Å². The minimum Gasteiger partial charge on any atom is -0.462 e. The van der Waals surface area contributed by atoms with E-state index in [0.717, 1.165) is 11.1 Å². The molecule has 1 aliphatic heterocycles. The molecule has 11 nitrogen and oxygen atoms in total. The maximum Gasteiger partial charge on any atom is 0.341 e. The molecule has 0 spiro atoms. The molecule has 3 aromatic rings. The van der Waals surface area contributed by atoms with Crippen LogP contribution in [-0.4, -0.2) is 80.4 Å². The SMILES string of the molecule is CCOC(=O)c1c(C(=O)OCC)c2c(-c3ccccc3)cc(N3CCOCC3)nn2c1CCCP(=O)(OCC)OCC. The van der Waals surface area contributed by atoms with Crippen molar-refractivity contribution in [2.75, 3.05) is 63.8 Å². The van der Waals surface area contributed by atoms with Gasteiger partial charge in [-0.25, -0.2) is 14.1 Å². The molecule has 0 amide bonds. The summed E-state index contributed by atoms with van der Waals surface area (Å²) < 4.78 is 42.4. The third kappa shape index (κ3) is 7.03. The molecule has 228 valence electrons. The van der Waals surface area contributed by atoms with E-state index in [9.17, 15) is 14.2 Å². The van der Waals surface area contributed by atoms with E-state index in [1.807, 2.05) is 36.4 Å². The molecule has 1 fully saturated rings. The fourth-order valence-electron chi connectivity index (χ4n) is 5.14. The highest BCUT2D eigenvalue weighted by molar-refractivity contribution is 7.53. The Hall–Kier alpha value is -3.24. The molecule has 12 heteroatoms. The van der Waals surface area contributed by atoms with Crippen molar-refractivity contribution in [3.05, 3.63) is 53.2 Å². The second-order valence-corrected chi connectivity index (χ2v) is 11.7. The van der Waals surface area contributed by atoms with Gasteiger partial charge in [-0.1, -0.05) is 30.3 Å². The van der Waals surface area contributed by atoms with Crippen molar-refractivity contribution in [3.63, 3.8) is 0 Å². The summed E-state index contributed by atoms with van der Waals surface area (Å²) in [7, 11) is -3.34. The summed E-state index contributed by atoms with van der Waals surface area (Å²) in [5.41, 5.74) is 2.69. The quantitative estimate of drug-likeness (QED) is 0.176. The molecule has 0 atom stereocenters. The fraction of sp³-hybridized carbons (Fsp3) is 0.500. The molecule has 3 heterocycles. The number of morpholine rings is 1. The van der Waals surface area contributed by atoms with E-state index in [1.165, 1.54) is 0 Å². The Labute approximate surface area is 246 Å². The standard InChI is InChI=1S/C30H40N3O8P/c1-5-38-29(34)26-24(15-12-20-42(36,40-7-3)41-8-4)33-28(27(26)30(35)39-6-2)23(22-13-10-9-11-14-22)21-25(31-33)32-16-18-37-19-17-32/h9-11,13-14,21H,5-8,12,15-20H2,1-4H3. The first-order valence-corrected chi connectivity index (χ1v) is 16.3. The van der Waals surface area contributed by atoms with Crippen LogP contribution in [0.5, 0.6) is 0 Å². The number of rotatable bonds is 14. The number of esters is 2. The van der Waals surface area contributed by atoms with Gasteiger partial charge in [0.15, 0.2) is 0 Å². The van der Waals surface area contributed by atoms with Crippen LogP contribution >= 0.6 is 7.60 Å². The third-order valence-electron chi connectivity index (χ3n) is 6.85. The Morgan fingerprint density at radius 1 is 0.905 bits per heavy atom. The van der Waals surface area contributed by atoms with Crippen molar-refractivity contribution in [2.24, 2.45) is 0 Å². The normalized spacial score (nSPS) is 13.9. The van der Waals surface area contributed by atoms with Crippen LogP contribution in [0.3, 0.4) is 0 Å². The van der Waals surface area contributed by atoms with Crippen molar-refractivity contribution in [1.29, 1.82) is 0 Å². The molecule has 0 saturated carbocycles. The van der Waals surface area contributed by atoms with Gasteiger partial charge in [0.25, 0.3) is 0 Å². The topological polar surface area (TPSA) is 118 Å². The summed E-state index contributed by atoms with van der Waals surface area (Å²) in [6, 6.07) is 11.6. The van der Waals surface area contributed by atoms with Crippen LogP contribution in [0.4, 0.5) is 5.82 Å². The molecular weight excluding hydrogens is 561 g/mol. The number of ether oxygens (including phenoxy) is 3. The predicted molar refractivity (Wildman–Crippen MR) is 160 cm³/mol. The zero-order chi connectivity index (χ0) is 30.1.